The Morgan fingerprint density at radius 1 is 1.44 bits per heavy atom. The van der Waals surface area contributed by atoms with E-state index in [1.165, 1.54) is 0 Å². The van der Waals surface area contributed by atoms with Crippen LogP contribution in [0.2, 0.25) is 0 Å². The summed E-state index contributed by atoms with van der Waals surface area (Å²) >= 11 is 3.44. The zero-order chi connectivity index (χ0) is 11.7. The fraction of sp³-hybridized carbons (Fsp3) is 0.250. The molecule has 0 atom stereocenters. The third-order valence-corrected chi connectivity index (χ3v) is 2.99. The lowest BCUT2D eigenvalue weighted by molar-refractivity contribution is 0.565. The van der Waals surface area contributed by atoms with Crippen molar-refractivity contribution in [2.24, 2.45) is 4.99 Å². The molecule has 0 N–H and O–H groups in total. The standard InChI is InChI=1S/C12H11BrN2O/c1-8(2)15-6-11(14-7-16)10-4-3-9(13)5-12(10)15/h3-6,8H,1-2H3. The van der Waals surface area contributed by atoms with Crippen molar-refractivity contribution >= 4 is 38.6 Å². The van der Waals surface area contributed by atoms with Crippen LogP contribution in [0.1, 0.15) is 19.9 Å². The predicted molar refractivity (Wildman–Crippen MR) is 67.8 cm³/mol. The summed E-state index contributed by atoms with van der Waals surface area (Å²) in [5, 5.41) is 0.972. The number of aliphatic imine (C=N–C) groups is 1. The van der Waals surface area contributed by atoms with Crippen molar-refractivity contribution in [1.82, 2.24) is 4.57 Å². The van der Waals surface area contributed by atoms with Crippen molar-refractivity contribution in [3.63, 3.8) is 0 Å². The van der Waals surface area contributed by atoms with Crippen LogP contribution in [0, 0.1) is 0 Å². The second kappa shape index (κ2) is 4.24. The summed E-state index contributed by atoms with van der Waals surface area (Å²) in [6.07, 6.45) is 3.47. The van der Waals surface area contributed by atoms with Crippen LogP contribution in [0.15, 0.2) is 33.9 Å². The van der Waals surface area contributed by atoms with Crippen LogP contribution in [-0.2, 0) is 4.79 Å². The van der Waals surface area contributed by atoms with Crippen LogP contribution in [0.4, 0.5) is 5.69 Å². The zero-order valence-electron chi connectivity index (χ0n) is 9.07. The SMILES string of the molecule is CC(C)n1cc(N=C=O)c2ccc(Br)cc21. The third kappa shape index (κ3) is 1.82. The first-order valence-electron chi connectivity index (χ1n) is 5.01. The van der Waals surface area contributed by atoms with Gasteiger partial charge in [-0.15, -0.1) is 0 Å². The molecule has 1 heterocycles. The molecule has 2 aromatic rings. The second-order valence-electron chi connectivity index (χ2n) is 3.88. The molecule has 0 saturated heterocycles. The molecule has 0 radical (unpaired) electrons. The highest BCUT2D eigenvalue weighted by Gasteiger charge is 2.10. The van der Waals surface area contributed by atoms with Gasteiger partial charge in [-0.05, 0) is 32.0 Å². The van der Waals surface area contributed by atoms with Crippen molar-refractivity contribution in [3.05, 3.63) is 28.9 Å². The molecule has 0 aliphatic carbocycles. The van der Waals surface area contributed by atoms with Gasteiger partial charge in [-0.1, -0.05) is 15.9 Å². The van der Waals surface area contributed by atoms with Gasteiger partial charge in [-0.3, -0.25) is 0 Å². The van der Waals surface area contributed by atoms with Crippen molar-refractivity contribution in [1.29, 1.82) is 0 Å². The second-order valence-corrected chi connectivity index (χ2v) is 4.80. The molecule has 0 fully saturated rings. The Morgan fingerprint density at radius 2 is 2.19 bits per heavy atom. The Morgan fingerprint density at radius 3 is 2.81 bits per heavy atom. The summed E-state index contributed by atoms with van der Waals surface area (Å²) in [4.78, 5) is 14.1. The number of hydrogen-bond acceptors (Lipinski definition) is 2. The third-order valence-electron chi connectivity index (χ3n) is 2.50. The highest BCUT2D eigenvalue weighted by molar-refractivity contribution is 9.10. The van der Waals surface area contributed by atoms with Crippen LogP contribution < -0.4 is 0 Å². The van der Waals surface area contributed by atoms with Gasteiger partial charge in [-0.2, -0.15) is 4.99 Å². The molecular weight excluding hydrogens is 268 g/mol. The summed E-state index contributed by atoms with van der Waals surface area (Å²) in [7, 11) is 0. The molecule has 0 aliphatic rings. The van der Waals surface area contributed by atoms with Crippen LogP contribution in [0.5, 0.6) is 0 Å². The number of carbonyl (C=O) groups excluding carboxylic acids is 1. The van der Waals surface area contributed by atoms with E-state index in [2.05, 4.69) is 39.3 Å². The minimum atomic E-state index is 0.326. The Labute approximate surface area is 102 Å². The molecule has 0 unspecified atom stereocenters. The minimum absolute atomic E-state index is 0.326. The van der Waals surface area contributed by atoms with Crippen molar-refractivity contribution in [2.75, 3.05) is 0 Å². The van der Waals surface area contributed by atoms with Crippen molar-refractivity contribution < 1.29 is 4.79 Å². The van der Waals surface area contributed by atoms with Crippen LogP contribution in [0.25, 0.3) is 10.9 Å². The zero-order valence-corrected chi connectivity index (χ0v) is 10.7. The first kappa shape index (κ1) is 11.1. The van der Waals surface area contributed by atoms with Gasteiger partial charge < -0.3 is 4.57 Å². The van der Waals surface area contributed by atoms with E-state index in [4.69, 9.17) is 0 Å². The molecule has 16 heavy (non-hydrogen) atoms. The van der Waals surface area contributed by atoms with Crippen LogP contribution in [-0.4, -0.2) is 10.6 Å². The molecule has 0 spiro atoms. The maximum absolute atomic E-state index is 10.4. The average molecular weight is 279 g/mol. The lowest BCUT2D eigenvalue weighted by Gasteiger charge is -2.08. The summed E-state index contributed by atoms with van der Waals surface area (Å²) in [5.74, 6) is 0. The van der Waals surface area contributed by atoms with Gasteiger partial charge in [0, 0.05) is 22.1 Å². The lowest BCUT2D eigenvalue weighted by atomic mass is 10.2. The topological polar surface area (TPSA) is 34.4 Å². The fourth-order valence-electron chi connectivity index (χ4n) is 1.77. The van der Waals surface area contributed by atoms with Gasteiger partial charge in [0.1, 0.15) is 5.69 Å². The maximum atomic E-state index is 10.4. The average Bonchev–Trinajstić information content (AvgIpc) is 2.57. The smallest absolute Gasteiger partial charge is 0.240 e. The number of hydrogen-bond donors (Lipinski definition) is 0. The van der Waals surface area contributed by atoms with Crippen LogP contribution >= 0.6 is 15.9 Å². The summed E-state index contributed by atoms with van der Waals surface area (Å²) in [5.41, 5.74) is 1.74. The Hall–Kier alpha value is -1.38. The molecule has 0 saturated carbocycles. The first-order valence-corrected chi connectivity index (χ1v) is 5.80. The van der Waals surface area contributed by atoms with Crippen molar-refractivity contribution in [2.45, 2.75) is 19.9 Å². The number of aromatic nitrogens is 1. The summed E-state index contributed by atoms with van der Waals surface area (Å²) in [6, 6.07) is 6.25. The van der Waals surface area contributed by atoms with E-state index >= 15 is 0 Å². The van der Waals surface area contributed by atoms with Gasteiger partial charge in [0.15, 0.2) is 0 Å². The predicted octanol–water partition coefficient (Wildman–Crippen LogP) is 3.95. The molecular formula is C12H11BrN2O. The number of halogens is 1. The molecule has 0 bridgehead atoms. The molecule has 82 valence electrons. The van der Waals surface area contributed by atoms with Crippen LogP contribution in [0.3, 0.4) is 0 Å². The number of fused-ring (bicyclic) bond motifs is 1. The van der Waals surface area contributed by atoms with Gasteiger partial charge in [-0.25, -0.2) is 4.79 Å². The van der Waals surface area contributed by atoms with Gasteiger partial charge in [0.05, 0.1) is 5.52 Å². The Kier molecular flexibility index (Phi) is 2.95. The summed E-state index contributed by atoms with van der Waals surface area (Å²) in [6.45, 7) is 4.18. The van der Waals surface area contributed by atoms with E-state index in [1.54, 1.807) is 6.08 Å². The highest BCUT2D eigenvalue weighted by Crippen LogP contribution is 2.32. The highest BCUT2D eigenvalue weighted by atomic mass is 79.9. The number of isocyanates is 1. The monoisotopic (exact) mass is 278 g/mol. The van der Waals surface area contributed by atoms with E-state index in [0.717, 1.165) is 15.4 Å². The largest absolute Gasteiger partial charge is 0.343 e. The number of rotatable bonds is 2. The van der Waals surface area contributed by atoms with Crippen molar-refractivity contribution in [3.8, 4) is 0 Å². The Balaban J connectivity index is 2.81. The number of benzene rings is 1. The molecule has 4 heteroatoms. The number of nitrogens with zero attached hydrogens (tertiary/aromatic N) is 2. The van der Waals surface area contributed by atoms with E-state index in [1.807, 2.05) is 24.4 Å². The van der Waals surface area contributed by atoms with E-state index < -0.39 is 0 Å². The minimum Gasteiger partial charge on any atom is -0.343 e. The van der Waals surface area contributed by atoms with Gasteiger partial charge in [0.2, 0.25) is 6.08 Å². The quantitative estimate of drug-likeness (QED) is 0.605. The Bertz CT molecular complexity index is 580. The maximum Gasteiger partial charge on any atom is 0.240 e. The molecule has 0 amide bonds. The van der Waals surface area contributed by atoms with Gasteiger partial charge in [0.25, 0.3) is 0 Å². The molecule has 3 nitrogen and oxygen atoms in total. The van der Waals surface area contributed by atoms with Gasteiger partial charge >= 0.3 is 0 Å². The molecule has 0 aliphatic heterocycles. The lowest BCUT2D eigenvalue weighted by Crippen LogP contribution is -1.97. The van der Waals surface area contributed by atoms with E-state index in [-0.39, 0.29) is 0 Å². The normalized spacial score (nSPS) is 10.8. The first-order chi connectivity index (χ1) is 7.63. The molecule has 1 aromatic heterocycles. The van der Waals surface area contributed by atoms with E-state index in [9.17, 15) is 4.79 Å². The molecule has 2 rings (SSSR count). The molecule has 1 aromatic carbocycles. The van der Waals surface area contributed by atoms with E-state index in [0.29, 0.717) is 11.7 Å². The summed E-state index contributed by atoms with van der Waals surface area (Å²) < 4.78 is 3.11. The fourth-order valence-corrected chi connectivity index (χ4v) is 2.12.